The van der Waals surface area contributed by atoms with Crippen molar-refractivity contribution in [1.29, 1.82) is 0 Å². The van der Waals surface area contributed by atoms with E-state index in [-0.39, 0.29) is 6.10 Å². The van der Waals surface area contributed by atoms with Crippen LogP contribution in [-0.4, -0.2) is 21.1 Å². The zero-order valence-corrected chi connectivity index (χ0v) is 12.2. The topological polar surface area (TPSA) is 52.3 Å². The largest absolute Gasteiger partial charge is 0.486 e. The zero-order valence-electron chi connectivity index (χ0n) is 12.2. The van der Waals surface area contributed by atoms with Crippen molar-refractivity contribution in [2.75, 3.05) is 0 Å². The summed E-state index contributed by atoms with van der Waals surface area (Å²) in [6, 6.07) is 17.9. The molecule has 5 heteroatoms. The molecule has 0 aliphatic rings. The average Bonchev–Trinajstić information content (AvgIpc) is 3.08. The van der Waals surface area contributed by atoms with Gasteiger partial charge in [0.2, 0.25) is 0 Å². The fourth-order valence-corrected chi connectivity index (χ4v) is 2.02. The SMILES string of the molecule is C[C@@H](Oc1ccc(/C=N\n2cnnc2)cc1)c1ccccc1. The first kappa shape index (κ1) is 14.0. The fourth-order valence-electron chi connectivity index (χ4n) is 2.02. The second-order valence-electron chi connectivity index (χ2n) is 4.83. The molecular weight excluding hydrogens is 276 g/mol. The zero-order chi connectivity index (χ0) is 15.2. The highest BCUT2D eigenvalue weighted by molar-refractivity contribution is 5.79. The summed E-state index contributed by atoms with van der Waals surface area (Å²) in [5.74, 6) is 0.831. The highest BCUT2D eigenvalue weighted by atomic mass is 16.5. The molecule has 1 atom stereocenters. The minimum Gasteiger partial charge on any atom is -0.486 e. The Labute approximate surface area is 128 Å². The molecule has 1 heterocycles. The summed E-state index contributed by atoms with van der Waals surface area (Å²) >= 11 is 0. The van der Waals surface area contributed by atoms with Gasteiger partial charge < -0.3 is 4.74 Å². The Morgan fingerprint density at radius 3 is 2.36 bits per heavy atom. The molecule has 1 aromatic heterocycles. The lowest BCUT2D eigenvalue weighted by molar-refractivity contribution is 0.227. The quantitative estimate of drug-likeness (QED) is 0.678. The Morgan fingerprint density at radius 1 is 1.00 bits per heavy atom. The van der Waals surface area contributed by atoms with Crippen LogP contribution in [0.25, 0.3) is 0 Å². The van der Waals surface area contributed by atoms with Crippen LogP contribution in [0.2, 0.25) is 0 Å². The second-order valence-corrected chi connectivity index (χ2v) is 4.83. The molecule has 0 radical (unpaired) electrons. The van der Waals surface area contributed by atoms with E-state index in [9.17, 15) is 0 Å². The van der Waals surface area contributed by atoms with Gasteiger partial charge in [-0.2, -0.15) is 5.10 Å². The van der Waals surface area contributed by atoms with Gasteiger partial charge in [-0.15, -0.1) is 10.2 Å². The molecule has 0 fully saturated rings. The summed E-state index contributed by atoms with van der Waals surface area (Å²) in [4.78, 5) is 0. The van der Waals surface area contributed by atoms with Crippen LogP contribution in [0.15, 0.2) is 72.4 Å². The van der Waals surface area contributed by atoms with E-state index in [0.717, 1.165) is 16.9 Å². The molecular formula is C17H16N4O. The Hall–Kier alpha value is -2.95. The highest BCUT2D eigenvalue weighted by Crippen LogP contribution is 2.21. The normalized spacial score (nSPS) is 12.4. The van der Waals surface area contributed by atoms with Gasteiger partial charge in [-0.05, 0) is 42.3 Å². The van der Waals surface area contributed by atoms with Gasteiger partial charge in [0.1, 0.15) is 24.5 Å². The van der Waals surface area contributed by atoms with Crippen molar-refractivity contribution in [3.63, 3.8) is 0 Å². The van der Waals surface area contributed by atoms with Gasteiger partial charge in [0.05, 0.1) is 6.21 Å². The predicted octanol–water partition coefficient (Wildman–Crippen LogP) is 3.30. The van der Waals surface area contributed by atoms with Crippen LogP contribution in [0.1, 0.15) is 24.2 Å². The maximum atomic E-state index is 5.94. The smallest absolute Gasteiger partial charge is 0.141 e. The Balaban J connectivity index is 1.64. The number of aromatic nitrogens is 3. The maximum absolute atomic E-state index is 5.94. The van der Waals surface area contributed by atoms with Crippen LogP contribution >= 0.6 is 0 Å². The third kappa shape index (κ3) is 3.58. The van der Waals surface area contributed by atoms with Gasteiger partial charge in [-0.1, -0.05) is 30.3 Å². The molecule has 22 heavy (non-hydrogen) atoms. The van der Waals surface area contributed by atoms with Gasteiger partial charge in [-0.25, -0.2) is 4.68 Å². The van der Waals surface area contributed by atoms with Crippen molar-refractivity contribution in [2.24, 2.45) is 5.10 Å². The Morgan fingerprint density at radius 2 is 1.68 bits per heavy atom. The lowest BCUT2D eigenvalue weighted by Crippen LogP contribution is -2.02. The van der Waals surface area contributed by atoms with E-state index in [1.807, 2.05) is 49.4 Å². The van der Waals surface area contributed by atoms with Gasteiger partial charge in [0, 0.05) is 0 Å². The van der Waals surface area contributed by atoms with E-state index < -0.39 is 0 Å². The van der Waals surface area contributed by atoms with E-state index in [0.29, 0.717) is 0 Å². The molecule has 0 N–H and O–H groups in total. The van der Waals surface area contributed by atoms with Crippen molar-refractivity contribution >= 4 is 6.21 Å². The van der Waals surface area contributed by atoms with E-state index in [1.165, 1.54) is 12.7 Å². The Kier molecular flexibility index (Phi) is 4.25. The van der Waals surface area contributed by atoms with Crippen LogP contribution in [0.3, 0.4) is 0 Å². The van der Waals surface area contributed by atoms with E-state index >= 15 is 0 Å². The van der Waals surface area contributed by atoms with Crippen molar-refractivity contribution in [2.45, 2.75) is 13.0 Å². The third-order valence-electron chi connectivity index (χ3n) is 3.21. The van der Waals surface area contributed by atoms with Crippen LogP contribution in [0.4, 0.5) is 0 Å². The molecule has 2 aromatic carbocycles. The van der Waals surface area contributed by atoms with Gasteiger partial charge in [-0.3, -0.25) is 0 Å². The van der Waals surface area contributed by atoms with Crippen molar-refractivity contribution in [1.82, 2.24) is 14.9 Å². The third-order valence-corrected chi connectivity index (χ3v) is 3.21. The highest BCUT2D eigenvalue weighted by Gasteiger charge is 2.06. The number of hydrogen-bond acceptors (Lipinski definition) is 4. The second kappa shape index (κ2) is 6.67. The summed E-state index contributed by atoms with van der Waals surface area (Å²) in [6.07, 6.45) is 4.83. The van der Waals surface area contributed by atoms with E-state index in [2.05, 4.69) is 27.4 Å². The average molecular weight is 292 g/mol. The molecule has 0 spiro atoms. The number of benzene rings is 2. The standard InChI is InChI=1S/C17H16N4O/c1-14(16-5-3-2-4-6-16)22-17-9-7-15(8-10-17)11-20-21-12-18-19-13-21/h2-14H,1H3/b20-11-/t14-/m1/s1. The van der Waals surface area contributed by atoms with Crippen LogP contribution < -0.4 is 4.74 Å². The summed E-state index contributed by atoms with van der Waals surface area (Å²) in [6.45, 7) is 2.04. The predicted molar refractivity (Wildman–Crippen MR) is 84.9 cm³/mol. The first-order valence-corrected chi connectivity index (χ1v) is 7.02. The molecule has 0 aliphatic heterocycles. The first-order chi connectivity index (χ1) is 10.8. The van der Waals surface area contributed by atoms with Gasteiger partial charge in [0.25, 0.3) is 0 Å². The molecule has 5 nitrogen and oxygen atoms in total. The minimum absolute atomic E-state index is 0.0118. The van der Waals surface area contributed by atoms with Crippen molar-refractivity contribution in [3.8, 4) is 5.75 Å². The molecule has 3 rings (SSSR count). The van der Waals surface area contributed by atoms with Crippen LogP contribution in [-0.2, 0) is 0 Å². The molecule has 0 amide bonds. The molecule has 0 unspecified atom stereocenters. The van der Waals surface area contributed by atoms with Crippen molar-refractivity contribution in [3.05, 3.63) is 78.4 Å². The lowest BCUT2D eigenvalue weighted by Gasteiger charge is -2.15. The summed E-state index contributed by atoms with van der Waals surface area (Å²) in [5, 5.41) is 11.6. The van der Waals surface area contributed by atoms with E-state index in [1.54, 1.807) is 10.9 Å². The number of hydrogen-bond donors (Lipinski definition) is 0. The van der Waals surface area contributed by atoms with Gasteiger partial charge in [0.15, 0.2) is 0 Å². The van der Waals surface area contributed by atoms with Crippen LogP contribution in [0, 0.1) is 0 Å². The molecule has 0 aliphatic carbocycles. The summed E-state index contributed by atoms with van der Waals surface area (Å²) in [5.41, 5.74) is 2.13. The summed E-state index contributed by atoms with van der Waals surface area (Å²) < 4.78 is 7.48. The lowest BCUT2D eigenvalue weighted by atomic mass is 10.1. The first-order valence-electron chi connectivity index (χ1n) is 7.02. The van der Waals surface area contributed by atoms with Crippen molar-refractivity contribution < 1.29 is 4.74 Å². The summed E-state index contributed by atoms with van der Waals surface area (Å²) in [7, 11) is 0. The monoisotopic (exact) mass is 292 g/mol. The maximum Gasteiger partial charge on any atom is 0.141 e. The van der Waals surface area contributed by atoms with Crippen LogP contribution in [0.5, 0.6) is 5.75 Å². The Bertz CT molecular complexity index is 721. The molecule has 0 bridgehead atoms. The number of rotatable bonds is 5. The minimum atomic E-state index is 0.0118. The molecule has 110 valence electrons. The van der Waals surface area contributed by atoms with E-state index in [4.69, 9.17) is 4.74 Å². The molecule has 3 aromatic rings. The van der Waals surface area contributed by atoms with Gasteiger partial charge >= 0.3 is 0 Å². The fraction of sp³-hybridized carbons (Fsp3) is 0.118. The molecule has 0 saturated heterocycles. The number of nitrogens with zero attached hydrogens (tertiary/aromatic N) is 4. The molecule has 0 saturated carbocycles. The number of ether oxygens (including phenoxy) is 1.